The summed E-state index contributed by atoms with van der Waals surface area (Å²) in [7, 11) is 0. The first-order valence-electron chi connectivity index (χ1n) is 5.96. The predicted molar refractivity (Wildman–Crippen MR) is 68.8 cm³/mol. The maximum absolute atomic E-state index is 13.0. The van der Waals surface area contributed by atoms with Crippen molar-refractivity contribution < 1.29 is 23.5 Å². The third kappa shape index (κ3) is 3.85. The Balaban J connectivity index is 1.89. The van der Waals surface area contributed by atoms with Crippen LogP contribution in [0.2, 0.25) is 0 Å². The number of carboxylic acid groups (broad SMARTS) is 1. The summed E-state index contributed by atoms with van der Waals surface area (Å²) in [6.45, 7) is 0.169. The molecule has 0 bridgehead atoms. The highest BCUT2D eigenvalue weighted by atomic mass is 19.2. The lowest BCUT2D eigenvalue weighted by Crippen LogP contribution is -2.15. The minimum absolute atomic E-state index is 0.0136. The number of anilines is 1. The Hall–Kier alpha value is -2.77. The van der Waals surface area contributed by atoms with Gasteiger partial charge in [-0.15, -0.1) is 0 Å². The number of rotatable bonds is 5. The van der Waals surface area contributed by atoms with Crippen molar-refractivity contribution in [2.24, 2.45) is 0 Å². The van der Waals surface area contributed by atoms with E-state index < -0.39 is 23.5 Å². The van der Waals surface area contributed by atoms with Crippen LogP contribution in [0.5, 0.6) is 0 Å². The molecule has 0 aliphatic rings. The number of amides is 1. The highest BCUT2D eigenvalue weighted by Gasteiger charge is 2.09. The van der Waals surface area contributed by atoms with Crippen LogP contribution < -0.4 is 5.32 Å². The van der Waals surface area contributed by atoms with Crippen molar-refractivity contribution in [3.05, 3.63) is 47.8 Å². The number of hydrogen-bond donors (Lipinski definition) is 2. The smallest absolute Gasteiger partial charge is 0.338 e. The molecule has 0 spiro atoms. The van der Waals surface area contributed by atoms with Gasteiger partial charge in [-0.05, 0) is 12.1 Å². The second-order valence-corrected chi connectivity index (χ2v) is 4.22. The number of nitrogens with zero attached hydrogens (tertiary/aromatic N) is 2. The highest BCUT2D eigenvalue weighted by molar-refractivity contribution is 5.90. The van der Waals surface area contributed by atoms with E-state index in [-0.39, 0.29) is 24.2 Å². The van der Waals surface area contributed by atoms with Crippen molar-refractivity contribution in [3.8, 4) is 0 Å². The van der Waals surface area contributed by atoms with Gasteiger partial charge in [0.1, 0.15) is 0 Å². The number of benzene rings is 1. The van der Waals surface area contributed by atoms with Crippen LogP contribution in [0.25, 0.3) is 0 Å². The summed E-state index contributed by atoms with van der Waals surface area (Å²) in [5.74, 6) is -3.57. The Morgan fingerprint density at radius 1 is 1.29 bits per heavy atom. The molecule has 1 amide bonds. The number of carbonyl (C=O) groups is 2. The largest absolute Gasteiger partial charge is 0.478 e. The van der Waals surface area contributed by atoms with Crippen LogP contribution >= 0.6 is 0 Å². The average molecular weight is 295 g/mol. The summed E-state index contributed by atoms with van der Waals surface area (Å²) in [5, 5.41) is 14.9. The fraction of sp³-hybridized carbons (Fsp3) is 0.154. The summed E-state index contributed by atoms with van der Waals surface area (Å²) in [6, 6.07) is 3.04. The summed E-state index contributed by atoms with van der Waals surface area (Å²) in [4.78, 5) is 22.3. The van der Waals surface area contributed by atoms with Gasteiger partial charge in [0.15, 0.2) is 11.6 Å². The first kappa shape index (κ1) is 14.6. The molecule has 0 atom stereocenters. The van der Waals surface area contributed by atoms with Gasteiger partial charge in [0, 0.05) is 30.9 Å². The molecule has 1 aromatic heterocycles. The van der Waals surface area contributed by atoms with Crippen LogP contribution in [0, 0.1) is 11.6 Å². The third-order valence-electron chi connectivity index (χ3n) is 2.65. The van der Waals surface area contributed by atoms with E-state index in [0.29, 0.717) is 0 Å². The second-order valence-electron chi connectivity index (χ2n) is 4.22. The Kier molecular flexibility index (Phi) is 4.27. The van der Waals surface area contributed by atoms with Crippen LogP contribution in [0.1, 0.15) is 16.8 Å². The van der Waals surface area contributed by atoms with Gasteiger partial charge in [-0.2, -0.15) is 5.10 Å². The van der Waals surface area contributed by atoms with Crippen LogP contribution in [-0.4, -0.2) is 26.8 Å². The molecule has 1 heterocycles. The standard InChI is InChI=1S/C13H11F2N3O3/c14-10-2-1-9(5-11(10)15)17-12(19)3-4-18-7-8(6-16-18)13(20)21/h1-2,5-7H,3-4H2,(H,17,19)(H,20,21). The maximum atomic E-state index is 13.0. The van der Waals surface area contributed by atoms with Crippen molar-refractivity contribution in [1.29, 1.82) is 0 Å². The van der Waals surface area contributed by atoms with E-state index >= 15 is 0 Å². The molecule has 0 radical (unpaired) electrons. The topological polar surface area (TPSA) is 84.2 Å². The Morgan fingerprint density at radius 3 is 2.67 bits per heavy atom. The summed E-state index contributed by atoms with van der Waals surface area (Å²) < 4.78 is 27.0. The number of halogens is 2. The molecule has 2 aromatic rings. The number of hydrogen-bond acceptors (Lipinski definition) is 3. The molecule has 0 aliphatic carbocycles. The van der Waals surface area contributed by atoms with Crippen molar-refractivity contribution in [2.75, 3.05) is 5.32 Å². The van der Waals surface area contributed by atoms with Gasteiger partial charge >= 0.3 is 5.97 Å². The fourth-order valence-corrected chi connectivity index (χ4v) is 1.61. The van der Waals surface area contributed by atoms with E-state index in [1.807, 2.05) is 0 Å². The number of aromatic carboxylic acids is 1. The molecule has 2 N–H and O–H groups in total. The molecular weight excluding hydrogens is 284 g/mol. The molecule has 6 nitrogen and oxygen atoms in total. The van der Waals surface area contributed by atoms with Crippen molar-refractivity contribution in [1.82, 2.24) is 9.78 Å². The first-order chi connectivity index (χ1) is 9.95. The molecule has 0 fully saturated rings. The number of carboxylic acids is 1. The Labute approximate surface area is 118 Å². The molecule has 8 heteroatoms. The Morgan fingerprint density at radius 2 is 2.05 bits per heavy atom. The summed E-state index contributed by atoms with van der Waals surface area (Å²) in [6.07, 6.45) is 2.49. The summed E-state index contributed by atoms with van der Waals surface area (Å²) >= 11 is 0. The van der Waals surface area contributed by atoms with E-state index in [0.717, 1.165) is 12.1 Å². The zero-order valence-corrected chi connectivity index (χ0v) is 10.7. The fourth-order valence-electron chi connectivity index (χ4n) is 1.61. The van der Waals surface area contributed by atoms with Crippen molar-refractivity contribution >= 4 is 17.6 Å². The van der Waals surface area contributed by atoms with Gasteiger partial charge in [0.2, 0.25) is 5.91 Å². The lowest BCUT2D eigenvalue weighted by molar-refractivity contribution is -0.116. The monoisotopic (exact) mass is 295 g/mol. The molecule has 0 unspecified atom stereocenters. The summed E-state index contributed by atoms with van der Waals surface area (Å²) in [5.41, 5.74) is 0.168. The molecule has 2 rings (SSSR count). The maximum Gasteiger partial charge on any atom is 0.338 e. The van der Waals surface area contributed by atoms with E-state index in [1.165, 1.54) is 23.1 Å². The first-order valence-corrected chi connectivity index (χ1v) is 5.96. The van der Waals surface area contributed by atoms with E-state index in [2.05, 4.69) is 10.4 Å². The predicted octanol–water partition coefficient (Wildman–Crippen LogP) is 1.89. The lowest BCUT2D eigenvalue weighted by atomic mass is 10.3. The van der Waals surface area contributed by atoms with E-state index in [4.69, 9.17) is 5.11 Å². The van der Waals surface area contributed by atoms with Gasteiger partial charge in [0.05, 0.1) is 11.8 Å². The minimum Gasteiger partial charge on any atom is -0.478 e. The molecule has 0 saturated heterocycles. The molecule has 0 aliphatic heterocycles. The SMILES string of the molecule is O=C(CCn1cc(C(=O)O)cn1)Nc1ccc(F)c(F)c1. The number of aryl methyl sites for hydroxylation is 1. The van der Waals surface area contributed by atoms with Crippen molar-refractivity contribution in [2.45, 2.75) is 13.0 Å². The molecule has 0 saturated carbocycles. The van der Waals surface area contributed by atoms with E-state index in [1.54, 1.807) is 0 Å². The average Bonchev–Trinajstić information content (AvgIpc) is 2.90. The van der Waals surface area contributed by atoms with Gasteiger partial charge in [-0.25, -0.2) is 13.6 Å². The lowest BCUT2D eigenvalue weighted by Gasteiger charge is -2.05. The second kappa shape index (κ2) is 6.12. The zero-order chi connectivity index (χ0) is 15.4. The third-order valence-corrected chi connectivity index (χ3v) is 2.65. The Bertz CT molecular complexity index is 685. The molecule has 1 aromatic carbocycles. The van der Waals surface area contributed by atoms with Crippen LogP contribution in [0.15, 0.2) is 30.6 Å². The quantitative estimate of drug-likeness (QED) is 0.882. The van der Waals surface area contributed by atoms with Crippen LogP contribution in [-0.2, 0) is 11.3 Å². The van der Waals surface area contributed by atoms with Gasteiger partial charge in [0.25, 0.3) is 0 Å². The van der Waals surface area contributed by atoms with Crippen molar-refractivity contribution in [3.63, 3.8) is 0 Å². The zero-order valence-electron chi connectivity index (χ0n) is 10.7. The molecule has 110 valence electrons. The molecular formula is C13H11F2N3O3. The van der Waals surface area contributed by atoms with Gasteiger partial charge < -0.3 is 10.4 Å². The minimum atomic E-state index is -1.10. The number of nitrogens with one attached hydrogen (secondary N) is 1. The van der Waals surface area contributed by atoms with Gasteiger partial charge in [-0.3, -0.25) is 9.48 Å². The van der Waals surface area contributed by atoms with Crippen LogP contribution in [0.3, 0.4) is 0 Å². The number of carbonyl (C=O) groups excluding carboxylic acids is 1. The van der Waals surface area contributed by atoms with Gasteiger partial charge in [-0.1, -0.05) is 0 Å². The highest BCUT2D eigenvalue weighted by Crippen LogP contribution is 2.13. The normalized spacial score (nSPS) is 10.4. The van der Waals surface area contributed by atoms with Crippen LogP contribution in [0.4, 0.5) is 14.5 Å². The molecule has 21 heavy (non-hydrogen) atoms. The number of aromatic nitrogens is 2. The van der Waals surface area contributed by atoms with E-state index in [9.17, 15) is 18.4 Å².